The number of hydrogen-bond acceptors (Lipinski definition) is 6. The lowest BCUT2D eigenvalue weighted by atomic mass is 9.41. The fourth-order valence-corrected chi connectivity index (χ4v) is 8.12. The lowest BCUT2D eigenvalue weighted by molar-refractivity contribution is -0.174. The van der Waals surface area contributed by atoms with Gasteiger partial charge in [-0.1, -0.05) is 31.6 Å². The summed E-state index contributed by atoms with van der Waals surface area (Å²) >= 11 is 0. The normalized spacial score (nSPS) is 46.9. The number of aliphatic hydroxyl groups is 1. The molecule has 7 atom stereocenters. The van der Waals surface area contributed by atoms with Gasteiger partial charge in [0.1, 0.15) is 11.4 Å². The fourth-order valence-electron chi connectivity index (χ4n) is 8.12. The Balaban J connectivity index is 1.59. The number of esters is 2. The third-order valence-electron chi connectivity index (χ3n) is 9.60. The van der Waals surface area contributed by atoms with Crippen LogP contribution in [-0.4, -0.2) is 34.7 Å². The van der Waals surface area contributed by atoms with Crippen LogP contribution in [0.4, 0.5) is 0 Å². The van der Waals surface area contributed by atoms with Crippen molar-refractivity contribution in [1.82, 2.24) is 0 Å². The quantitative estimate of drug-likeness (QED) is 0.495. The van der Waals surface area contributed by atoms with E-state index in [1.807, 2.05) is 19.9 Å². The second-order valence-electron chi connectivity index (χ2n) is 11.5. The molecule has 0 aromatic rings. The highest BCUT2D eigenvalue weighted by Crippen LogP contribution is 2.70. The van der Waals surface area contributed by atoms with Crippen molar-refractivity contribution in [1.29, 1.82) is 0 Å². The van der Waals surface area contributed by atoms with Gasteiger partial charge >= 0.3 is 11.9 Å². The van der Waals surface area contributed by atoms with Gasteiger partial charge in [0.15, 0.2) is 0 Å². The smallest absolute Gasteiger partial charge is 0.333 e. The number of fused-ring (bicyclic) bond motifs is 5. The molecule has 2 aliphatic heterocycles. The molecule has 5 rings (SSSR count). The summed E-state index contributed by atoms with van der Waals surface area (Å²) < 4.78 is 10.7. The van der Waals surface area contributed by atoms with Crippen LogP contribution in [0.3, 0.4) is 0 Å². The molecule has 32 heavy (non-hydrogen) atoms. The van der Waals surface area contributed by atoms with E-state index in [4.69, 9.17) is 9.47 Å². The summed E-state index contributed by atoms with van der Waals surface area (Å²) in [4.78, 5) is 38.0. The van der Waals surface area contributed by atoms with Crippen LogP contribution >= 0.6 is 0 Å². The predicted octanol–water partition coefficient (Wildman–Crippen LogP) is 3.64. The van der Waals surface area contributed by atoms with Crippen LogP contribution < -0.4 is 0 Å². The zero-order valence-electron chi connectivity index (χ0n) is 19.4. The monoisotopic (exact) mass is 440 g/mol. The molecule has 0 aromatic heterocycles. The molecule has 6 heteroatoms. The van der Waals surface area contributed by atoms with Crippen molar-refractivity contribution in [2.24, 2.45) is 34.0 Å². The van der Waals surface area contributed by atoms with Crippen molar-refractivity contribution in [3.05, 3.63) is 35.5 Å². The molecule has 0 spiro atoms. The van der Waals surface area contributed by atoms with Crippen LogP contribution in [-0.2, 0) is 23.9 Å². The van der Waals surface area contributed by atoms with Crippen LogP contribution in [0.5, 0.6) is 0 Å². The average Bonchev–Trinajstić information content (AvgIpc) is 3.18. The molecule has 0 bridgehead atoms. The number of cyclic esters (lactones) is 2. The first kappa shape index (κ1) is 21.6. The highest BCUT2D eigenvalue weighted by Gasteiger charge is 2.67. The molecule has 172 valence electrons. The van der Waals surface area contributed by atoms with Gasteiger partial charge in [-0.15, -0.1) is 0 Å². The molecule has 0 saturated heterocycles. The predicted molar refractivity (Wildman–Crippen MR) is 116 cm³/mol. The Kier molecular flexibility index (Phi) is 4.35. The van der Waals surface area contributed by atoms with Crippen LogP contribution in [0.25, 0.3) is 0 Å². The number of carbonyl (C=O) groups is 3. The van der Waals surface area contributed by atoms with Gasteiger partial charge in [0.2, 0.25) is 6.29 Å². The molecule has 1 N–H and O–H groups in total. The van der Waals surface area contributed by atoms with Gasteiger partial charge in [-0.05, 0) is 62.7 Å². The van der Waals surface area contributed by atoms with Crippen LogP contribution in [0.2, 0.25) is 0 Å². The number of allylic oxidation sites excluding steroid dienone is 3. The number of aliphatic hydroxyl groups excluding tert-OH is 1. The SMILES string of the molecule is CC1(C)OC(=O)C=C[C@@]2(C)[C@H]1CC(=O)[C@@]1(C)C3=CC[C@@H](C4=CC(=O)O[C@@H]4O)[C@]3(C)CC[C@@H]12. The van der Waals surface area contributed by atoms with E-state index in [0.717, 1.165) is 18.4 Å². The maximum absolute atomic E-state index is 13.9. The fraction of sp³-hybridized carbons (Fsp3) is 0.654. The number of carbonyl (C=O) groups excluding carboxylic acids is 3. The summed E-state index contributed by atoms with van der Waals surface area (Å²) in [7, 11) is 0. The largest absolute Gasteiger partial charge is 0.456 e. The number of ketones is 1. The molecule has 2 saturated carbocycles. The van der Waals surface area contributed by atoms with E-state index in [1.165, 1.54) is 6.08 Å². The van der Waals surface area contributed by atoms with Gasteiger partial charge in [-0.25, -0.2) is 9.59 Å². The van der Waals surface area contributed by atoms with E-state index in [-0.39, 0.29) is 40.3 Å². The van der Waals surface area contributed by atoms with Crippen molar-refractivity contribution in [2.75, 3.05) is 0 Å². The topological polar surface area (TPSA) is 89.9 Å². The molecule has 2 fully saturated rings. The maximum Gasteiger partial charge on any atom is 0.333 e. The van der Waals surface area contributed by atoms with Gasteiger partial charge in [-0.2, -0.15) is 0 Å². The zero-order chi connectivity index (χ0) is 23.3. The molecule has 6 nitrogen and oxygen atoms in total. The summed E-state index contributed by atoms with van der Waals surface area (Å²) in [6, 6.07) is 0. The van der Waals surface area contributed by atoms with Gasteiger partial charge in [0.25, 0.3) is 0 Å². The first-order chi connectivity index (χ1) is 14.8. The molecular weight excluding hydrogens is 408 g/mol. The minimum absolute atomic E-state index is 0.0321. The number of Topliss-reactive ketones (excluding diaryl/α,β-unsaturated/α-hetero) is 1. The third kappa shape index (κ3) is 2.59. The molecule has 0 radical (unpaired) electrons. The molecule has 3 aliphatic carbocycles. The van der Waals surface area contributed by atoms with Crippen molar-refractivity contribution in [2.45, 2.75) is 72.2 Å². The summed E-state index contributed by atoms with van der Waals surface area (Å²) in [5.74, 6) is -0.812. The van der Waals surface area contributed by atoms with E-state index < -0.39 is 23.3 Å². The lowest BCUT2D eigenvalue weighted by Crippen LogP contribution is -2.61. The summed E-state index contributed by atoms with van der Waals surface area (Å²) in [6.45, 7) is 10.2. The van der Waals surface area contributed by atoms with Crippen LogP contribution in [0.1, 0.15) is 60.3 Å². The van der Waals surface area contributed by atoms with Gasteiger partial charge in [0.05, 0.1) is 5.41 Å². The maximum atomic E-state index is 13.9. The van der Waals surface area contributed by atoms with Crippen molar-refractivity contribution < 1.29 is 29.0 Å². The minimum atomic E-state index is -1.21. The van der Waals surface area contributed by atoms with E-state index >= 15 is 0 Å². The van der Waals surface area contributed by atoms with Crippen molar-refractivity contribution in [3.63, 3.8) is 0 Å². The van der Waals surface area contributed by atoms with Gasteiger partial charge in [-0.3, -0.25) is 4.79 Å². The minimum Gasteiger partial charge on any atom is -0.456 e. The Morgan fingerprint density at radius 1 is 1.03 bits per heavy atom. The number of hydrogen-bond donors (Lipinski definition) is 1. The summed E-state index contributed by atoms with van der Waals surface area (Å²) in [5, 5.41) is 10.3. The van der Waals surface area contributed by atoms with Gasteiger partial charge < -0.3 is 14.6 Å². The molecular formula is C26H32O6. The van der Waals surface area contributed by atoms with E-state index in [1.54, 1.807) is 6.08 Å². The van der Waals surface area contributed by atoms with Crippen LogP contribution in [0.15, 0.2) is 35.5 Å². The second-order valence-corrected chi connectivity index (χ2v) is 11.5. The highest BCUT2D eigenvalue weighted by molar-refractivity contribution is 5.91. The number of ether oxygens (including phenoxy) is 2. The van der Waals surface area contributed by atoms with E-state index in [9.17, 15) is 19.5 Å². The number of rotatable bonds is 1. The standard InChI is InChI=1S/C26H32O6/c1-23(2)18-13-19(27)26(5)16-7-6-15(14-12-21(29)31-22(14)30)24(16,3)10-8-17(26)25(18,4)11-9-20(28)32-23/h7,9,11-12,15,17-18,22,30H,6,8,10,13H2,1-5H3/t15-,17+,18-,22-,24-,25+,26-/m0/s1. The van der Waals surface area contributed by atoms with E-state index in [2.05, 4.69) is 26.8 Å². The first-order valence-corrected chi connectivity index (χ1v) is 11.6. The Morgan fingerprint density at radius 3 is 2.41 bits per heavy atom. The highest BCUT2D eigenvalue weighted by atomic mass is 16.6. The summed E-state index contributed by atoms with van der Waals surface area (Å²) in [6.07, 6.45) is 8.58. The Bertz CT molecular complexity index is 1020. The first-order valence-electron chi connectivity index (χ1n) is 11.6. The molecule has 0 aromatic carbocycles. The molecule has 0 amide bonds. The Labute approximate surface area is 188 Å². The average molecular weight is 441 g/mol. The Morgan fingerprint density at radius 2 is 1.75 bits per heavy atom. The molecule has 5 aliphatic rings. The zero-order valence-corrected chi connectivity index (χ0v) is 19.4. The molecule has 0 unspecified atom stereocenters. The van der Waals surface area contributed by atoms with Gasteiger partial charge in [0, 0.05) is 30.1 Å². The van der Waals surface area contributed by atoms with Crippen molar-refractivity contribution >= 4 is 17.7 Å². The van der Waals surface area contributed by atoms with E-state index in [0.29, 0.717) is 18.4 Å². The molecule has 2 heterocycles. The second kappa shape index (κ2) is 6.43. The third-order valence-corrected chi connectivity index (χ3v) is 9.60. The Hall–Kier alpha value is -2.21. The van der Waals surface area contributed by atoms with Crippen molar-refractivity contribution in [3.8, 4) is 0 Å². The lowest BCUT2D eigenvalue weighted by Gasteiger charge is -2.62. The van der Waals surface area contributed by atoms with Crippen LogP contribution in [0, 0.1) is 34.0 Å². The summed E-state index contributed by atoms with van der Waals surface area (Å²) in [5.41, 5.74) is -0.379.